The van der Waals surface area contributed by atoms with Gasteiger partial charge >= 0.3 is 12.0 Å². The number of hydrogen-bond acceptors (Lipinski definition) is 3. The first-order valence-electron chi connectivity index (χ1n) is 6.26. The van der Waals surface area contributed by atoms with Gasteiger partial charge in [-0.25, -0.2) is 14.6 Å². The molecule has 2 rings (SSSR count). The molecule has 0 bridgehead atoms. The average molecular weight is 276 g/mol. The molecule has 2 amide bonds. The second kappa shape index (κ2) is 5.60. The number of aryl methyl sites for hydroxylation is 1. The van der Waals surface area contributed by atoms with Crippen LogP contribution in [0.25, 0.3) is 11.0 Å². The number of carbonyl (C=O) groups excluding carboxylic acids is 1. The number of imidazole rings is 1. The molecule has 0 radical (unpaired) electrons. The van der Waals surface area contributed by atoms with Crippen LogP contribution in [0.5, 0.6) is 0 Å². The summed E-state index contributed by atoms with van der Waals surface area (Å²) in [5, 5.41) is 14.5. The van der Waals surface area contributed by atoms with Gasteiger partial charge in [-0.2, -0.15) is 0 Å². The highest BCUT2D eigenvalue weighted by Crippen LogP contribution is 2.23. The summed E-state index contributed by atoms with van der Waals surface area (Å²) in [4.78, 5) is 27.0. The summed E-state index contributed by atoms with van der Waals surface area (Å²) >= 11 is 0. The summed E-state index contributed by atoms with van der Waals surface area (Å²) in [7, 11) is 1.73. The van der Waals surface area contributed by atoms with Crippen molar-refractivity contribution in [1.29, 1.82) is 0 Å². The predicted octanol–water partition coefficient (Wildman–Crippen LogP) is 1.80. The monoisotopic (exact) mass is 276 g/mol. The number of amides is 2. The molecule has 0 aliphatic heterocycles. The van der Waals surface area contributed by atoms with Crippen molar-refractivity contribution in [3.05, 3.63) is 24.0 Å². The minimum absolute atomic E-state index is 0.105. The Hall–Kier alpha value is -2.57. The van der Waals surface area contributed by atoms with Gasteiger partial charge in [0.15, 0.2) is 0 Å². The number of aromatic carboxylic acids is 1. The van der Waals surface area contributed by atoms with Gasteiger partial charge in [-0.1, -0.05) is 6.92 Å². The number of nitrogens with one attached hydrogen (secondary N) is 2. The number of rotatable bonds is 4. The van der Waals surface area contributed by atoms with Crippen LogP contribution in [0.4, 0.5) is 10.5 Å². The van der Waals surface area contributed by atoms with Crippen LogP contribution in [0.15, 0.2) is 18.5 Å². The van der Waals surface area contributed by atoms with Crippen LogP contribution < -0.4 is 10.6 Å². The first-order chi connectivity index (χ1) is 9.52. The van der Waals surface area contributed by atoms with E-state index in [1.807, 2.05) is 6.92 Å². The fraction of sp³-hybridized carbons (Fsp3) is 0.308. The standard InChI is InChI=1S/C13H16N4O3/c1-3-4-14-13(20)16-8-5-9(12(18)19)11-10(6-8)15-7-17(11)2/h5-7H,3-4H2,1-2H3,(H,18,19)(H2,14,16,20). The first-order valence-corrected chi connectivity index (χ1v) is 6.26. The van der Waals surface area contributed by atoms with E-state index in [2.05, 4.69) is 15.6 Å². The molecule has 20 heavy (non-hydrogen) atoms. The molecule has 7 heteroatoms. The molecule has 0 atom stereocenters. The summed E-state index contributed by atoms with van der Waals surface area (Å²) in [5.41, 5.74) is 1.56. The molecule has 1 aromatic carbocycles. The normalized spacial score (nSPS) is 10.5. The Bertz CT molecular complexity index is 663. The number of nitrogens with zero attached hydrogens (tertiary/aromatic N) is 2. The zero-order chi connectivity index (χ0) is 14.7. The van der Waals surface area contributed by atoms with Crippen LogP contribution in [0.2, 0.25) is 0 Å². The van der Waals surface area contributed by atoms with Crippen molar-refractivity contribution in [2.45, 2.75) is 13.3 Å². The maximum Gasteiger partial charge on any atom is 0.337 e. The van der Waals surface area contributed by atoms with Crippen molar-refractivity contribution in [2.24, 2.45) is 7.05 Å². The van der Waals surface area contributed by atoms with Crippen LogP contribution in [-0.2, 0) is 7.05 Å². The highest BCUT2D eigenvalue weighted by molar-refractivity contribution is 6.04. The van der Waals surface area contributed by atoms with Gasteiger partial charge in [0.25, 0.3) is 0 Å². The molecule has 2 aromatic rings. The third-order valence-electron chi connectivity index (χ3n) is 2.84. The van der Waals surface area contributed by atoms with Crippen LogP contribution >= 0.6 is 0 Å². The van der Waals surface area contributed by atoms with Crippen molar-refractivity contribution in [2.75, 3.05) is 11.9 Å². The summed E-state index contributed by atoms with van der Waals surface area (Å²) in [6, 6.07) is 2.71. The van der Waals surface area contributed by atoms with Crippen LogP contribution in [0, 0.1) is 0 Å². The van der Waals surface area contributed by atoms with Crippen molar-refractivity contribution in [1.82, 2.24) is 14.9 Å². The van der Waals surface area contributed by atoms with E-state index in [-0.39, 0.29) is 11.6 Å². The zero-order valence-corrected chi connectivity index (χ0v) is 11.3. The van der Waals surface area contributed by atoms with Gasteiger partial charge in [0.05, 0.1) is 22.9 Å². The summed E-state index contributed by atoms with van der Waals surface area (Å²) in [5.74, 6) is -1.06. The van der Waals surface area contributed by atoms with Crippen LogP contribution in [0.3, 0.4) is 0 Å². The second-order valence-corrected chi connectivity index (χ2v) is 4.43. The maximum atomic E-state index is 11.6. The van der Waals surface area contributed by atoms with Gasteiger partial charge in [0, 0.05) is 19.3 Å². The molecule has 106 valence electrons. The van der Waals surface area contributed by atoms with E-state index in [1.54, 1.807) is 17.7 Å². The smallest absolute Gasteiger partial charge is 0.337 e. The molecule has 0 fully saturated rings. The quantitative estimate of drug-likeness (QED) is 0.793. The van der Waals surface area contributed by atoms with Crippen LogP contribution in [0.1, 0.15) is 23.7 Å². The van der Waals surface area contributed by atoms with Gasteiger partial charge in [-0.05, 0) is 18.6 Å². The SMILES string of the molecule is CCCNC(=O)Nc1cc(C(=O)O)c2c(c1)ncn2C. The maximum absolute atomic E-state index is 11.6. The van der Waals surface area contributed by atoms with E-state index in [4.69, 9.17) is 0 Å². The second-order valence-electron chi connectivity index (χ2n) is 4.43. The number of carbonyl (C=O) groups is 2. The number of benzene rings is 1. The predicted molar refractivity (Wildman–Crippen MR) is 75.0 cm³/mol. The summed E-state index contributed by atoms with van der Waals surface area (Å²) in [6.07, 6.45) is 2.37. The van der Waals surface area contributed by atoms with Crippen molar-refractivity contribution < 1.29 is 14.7 Å². The lowest BCUT2D eigenvalue weighted by Gasteiger charge is -2.08. The molecule has 0 unspecified atom stereocenters. The molecule has 0 aliphatic rings. The highest BCUT2D eigenvalue weighted by Gasteiger charge is 2.15. The largest absolute Gasteiger partial charge is 0.478 e. The van der Waals surface area contributed by atoms with E-state index < -0.39 is 5.97 Å². The summed E-state index contributed by atoms with van der Waals surface area (Å²) in [6.45, 7) is 2.51. The Kier molecular flexibility index (Phi) is 3.88. The average Bonchev–Trinajstić information content (AvgIpc) is 2.77. The van der Waals surface area contributed by atoms with Crippen molar-refractivity contribution in [3.8, 4) is 0 Å². The number of hydrogen-bond donors (Lipinski definition) is 3. The Morgan fingerprint density at radius 1 is 1.40 bits per heavy atom. The van der Waals surface area contributed by atoms with Crippen molar-refractivity contribution >= 4 is 28.7 Å². The Labute approximate surface area is 115 Å². The molecule has 0 spiro atoms. The van der Waals surface area contributed by atoms with Gasteiger partial charge in [0.2, 0.25) is 0 Å². The summed E-state index contributed by atoms with van der Waals surface area (Å²) < 4.78 is 1.64. The topological polar surface area (TPSA) is 96.2 Å². The number of carboxylic acids is 1. The number of anilines is 1. The van der Waals surface area contributed by atoms with E-state index in [0.717, 1.165) is 6.42 Å². The number of urea groups is 1. The van der Waals surface area contributed by atoms with Gasteiger partial charge in [0.1, 0.15) is 0 Å². The third kappa shape index (κ3) is 2.71. The van der Waals surface area contributed by atoms with Gasteiger partial charge < -0.3 is 20.3 Å². The number of fused-ring (bicyclic) bond motifs is 1. The lowest BCUT2D eigenvalue weighted by Crippen LogP contribution is -2.29. The first kappa shape index (κ1) is 13.9. The molecule has 1 aromatic heterocycles. The molecule has 0 aliphatic carbocycles. The fourth-order valence-corrected chi connectivity index (χ4v) is 1.94. The van der Waals surface area contributed by atoms with E-state index in [0.29, 0.717) is 23.3 Å². The lowest BCUT2D eigenvalue weighted by molar-refractivity contribution is 0.0698. The third-order valence-corrected chi connectivity index (χ3v) is 2.84. The zero-order valence-electron chi connectivity index (χ0n) is 11.3. The molecule has 1 heterocycles. The van der Waals surface area contributed by atoms with E-state index in [9.17, 15) is 14.7 Å². The Morgan fingerprint density at radius 3 is 2.80 bits per heavy atom. The fourth-order valence-electron chi connectivity index (χ4n) is 1.94. The molecule has 7 nitrogen and oxygen atoms in total. The van der Waals surface area contributed by atoms with Gasteiger partial charge in [-0.15, -0.1) is 0 Å². The van der Waals surface area contributed by atoms with Crippen LogP contribution in [-0.4, -0.2) is 33.2 Å². The Morgan fingerprint density at radius 2 is 2.15 bits per heavy atom. The minimum atomic E-state index is -1.06. The highest BCUT2D eigenvalue weighted by atomic mass is 16.4. The molecular formula is C13H16N4O3. The molecule has 0 saturated carbocycles. The van der Waals surface area contributed by atoms with E-state index >= 15 is 0 Å². The number of aromatic nitrogens is 2. The van der Waals surface area contributed by atoms with Crippen molar-refractivity contribution in [3.63, 3.8) is 0 Å². The lowest BCUT2D eigenvalue weighted by atomic mass is 10.1. The number of carboxylic acid groups (broad SMARTS) is 1. The van der Waals surface area contributed by atoms with E-state index in [1.165, 1.54) is 12.4 Å². The molecule has 0 saturated heterocycles. The Balaban J connectivity index is 2.36. The van der Waals surface area contributed by atoms with Gasteiger partial charge in [-0.3, -0.25) is 0 Å². The molecule has 3 N–H and O–H groups in total. The molecular weight excluding hydrogens is 260 g/mol. The minimum Gasteiger partial charge on any atom is -0.478 e.